The molecule has 1 N–H and O–H groups in total. The van der Waals surface area contributed by atoms with E-state index in [2.05, 4.69) is 15.0 Å². The van der Waals surface area contributed by atoms with E-state index < -0.39 is 5.97 Å². The van der Waals surface area contributed by atoms with Gasteiger partial charge in [-0.3, -0.25) is 0 Å². The van der Waals surface area contributed by atoms with Crippen molar-refractivity contribution >= 4 is 39.7 Å². The third-order valence-corrected chi connectivity index (χ3v) is 3.68. The Balaban J connectivity index is 2.26. The lowest BCUT2D eigenvalue weighted by Gasteiger charge is -2.05. The van der Waals surface area contributed by atoms with Gasteiger partial charge in [-0.25, -0.2) is 9.78 Å². The molecular weight excluding hydrogens is 272 g/mol. The van der Waals surface area contributed by atoms with E-state index in [9.17, 15) is 4.79 Å². The van der Waals surface area contributed by atoms with Gasteiger partial charge in [-0.1, -0.05) is 41.1 Å². The second-order valence-corrected chi connectivity index (χ2v) is 4.93. The number of hydrogen-bond acceptors (Lipinski definition) is 5. The number of esters is 1. The highest BCUT2D eigenvalue weighted by molar-refractivity contribution is 7.18. The van der Waals surface area contributed by atoms with Crippen LogP contribution in [-0.2, 0) is 4.74 Å². The number of halogens is 1. The second-order valence-electron chi connectivity index (χ2n) is 3.57. The van der Waals surface area contributed by atoms with Crippen molar-refractivity contribution in [1.82, 2.24) is 4.98 Å². The van der Waals surface area contributed by atoms with Gasteiger partial charge in [0.2, 0.25) is 0 Å². The first-order valence-corrected chi connectivity index (χ1v) is 6.38. The fourth-order valence-corrected chi connectivity index (χ4v) is 2.52. The van der Waals surface area contributed by atoms with Crippen molar-refractivity contribution in [3.05, 3.63) is 39.9 Å². The maximum absolute atomic E-state index is 11.4. The number of aryl methyl sites for hydroxylation is 1. The molecule has 2 rings (SSSR count). The van der Waals surface area contributed by atoms with Gasteiger partial charge in [0.25, 0.3) is 0 Å². The van der Waals surface area contributed by atoms with Crippen LogP contribution in [0.1, 0.15) is 15.2 Å². The Labute approximate surface area is 114 Å². The fraction of sp³-hybridized carbons (Fsp3) is 0.167. The van der Waals surface area contributed by atoms with E-state index in [-0.39, 0.29) is 5.15 Å². The van der Waals surface area contributed by atoms with Crippen LogP contribution in [-0.4, -0.2) is 18.1 Å². The summed E-state index contributed by atoms with van der Waals surface area (Å²) in [6.45, 7) is 1.98. The van der Waals surface area contributed by atoms with Gasteiger partial charge in [-0.2, -0.15) is 0 Å². The third kappa shape index (κ3) is 2.63. The summed E-state index contributed by atoms with van der Waals surface area (Å²) in [5, 5.41) is 3.85. The first kappa shape index (κ1) is 12.9. The number of aromatic nitrogens is 1. The van der Waals surface area contributed by atoms with Crippen molar-refractivity contribution in [3.8, 4) is 0 Å². The maximum atomic E-state index is 11.4. The van der Waals surface area contributed by atoms with E-state index in [1.807, 2.05) is 31.2 Å². The Hall–Kier alpha value is -1.59. The number of hydrogen-bond donors (Lipinski definition) is 1. The van der Waals surface area contributed by atoms with Crippen molar-refractivity contribution in [2.24, 2.45) is 0 Å². The number of nitrogens with zero attached hydrogens (tertiary/aromatic N) is 1. The number of carbonyl (C=O) groups excluding carboxylic acids is 1. The molecule has 0 amide bonds. The number of rotatable bonds is 3. The Morgan fingerprint density at radius 3 is 2.83 bits per heavy atom. The minimum Gasteiger partial charge on any atom is -0.465 e. The monoisotopic (exact) mass is 282 g/mol. The molecule has 18 heavy (non-hydrogen) atoms. The van der Waals surface area contributed by atoms with Crippen LogP contribution in [0.2, 0.25) is 5.15 Å². The van der Waals surface area contributed by atoms with Crippen LogP contribution in [0.25, 0.3) is 0 Å². The zero-order chi connectivity index (χ0) is 13.1. The van der Waals surface area contributed by atoms with Crippen LogP contribution < -0.4 is 5.32 Å². The molecule has 0 fully saturated rings. The first-order valence-electron chi connectivity index (χ1n) is 5.19. The molecule has 0 atom stereocenters. The fourth-order valence-electron chi connectivity index (χ4n) is 1.40. The van der Waals surface area contributed by atoms with E-state index in [0.29, 0.717) is 10.0 Å². The quantitative estimate of drug-likeness (QED) is 0.873. The Morgan fingerprint density at radius 2 is 2.17 bits per heavy atom. The molecule has 2 aromatic rings. The van der Waals surface area contributed by atoms with Crippen LogP contribution in [0.3, 0.4) is 0 Å². The summed E-state index contributed by atoms with van der Waals surface area (Å²) in [5.41, 5.74) is 2.02. The molecule has 0 aliphatic heterocycles. The van der Waals surface area contributed by atoms with Crippen LogP contribution in [0, 0.1) is 6.92 Å². The number of nitrogens with one attached hydrogen (secondary N) is 1. The molecule has 94 valence electrons. The predicted molar refractivity (Wildman–Crippen MR) is 72.9 cm³/mol. The number of benzene rings is 1. The van der Waals surface area contributed by atoms with E-state index in [0.717, 1.165) is 11.3 Å². The molecule has 1 aromatic carbocycles. The Morgan fingerprint density at radius 1 is 1.44 bits per heavy atom. The van der Waals surface area contributed by atoms with Gasteiger partial charge in [-0.15, -0.1) is 0 Å². The van der Waals surface area contributed by atoms with Crippen molar-refractivity contribution < 1.29 is 9.53 Å². The second kappa shape index (κ2) is 5.37. The average molecular weight is 283 g/mol. The summed E-state index contributed by atoms with van der Waals surface area (Å²) in [6, 6.07) is 7.79. The topological polar surface area (TPSA) is 51.2 Å². The first-order chi connectivity index (χ1) is 8.61. The summed E-state index contributed by atoms with van der Waals surface area (Å²) >= 11 is 7.05. The van der Waals surface area contributed by atoms with Gasteiger partial charge in [0.1, 0.15) is 0 Å². The molecular formula is C12H11ClN2O2S. The Bertz CT molecular complexity index is 583. The number of thiazole rings is 1. The van der Waals surface area contributed by atoms with E-state index >= 15 is 0 Å². The zero-order valence-electron chi connectivity index (χ0n) is 9.86. The molecule has 0 bridgehead atoms. The van der Waals surface area contributed by atoms with Crippen LogP contribution in [0.4, 0.5) is 10.8 Å². The van der Waals surface area contributed by atoms with Crippen LogP contribution in [0.15, 0.2) is 24.3 Å². The van der Waals surface area contributed by atoms with Crippen molar-refractivity contribution in [2.75, 3.05) is 12.4 Å². The molecule has 0 unspecified atom stereocenters. The largest absolute Gasteiger partial charge is 0.465 e. The smallest absolute Gasteiger partial charge is 0.351 e. The number of ether oxygens (including phenoxy) is 1. The summed E-state index contributed by atoms with van der Waals surface area (Å²) in [4.78, 5) is 15.8. The maximum Gasteiger partial charge on any atom is 0.351 e. The van der Waals surface area contributed by atoms with Crippen LogP contribution in [0.5, 0.6) is 0 Å². The van der Waals surface area contributed by atoms with Crippen molar-refractivity contribution in [3.63, 3.8) is 0 Å². The Kier molecular flexibility index (Phi) is 3.84. The minimum atomic E-state index is -0.477. The van der Waals surface area contributed by atoms with E-state index in [4.69, 9.17) is 11.6 Å². The van der Waals surface area contributed by atoms with Gasteiger partial charge in [0.05, 0.1) is 7.11 Å². The number of para-hydroxylation sites is 1. The van der Waals surface area contributed by atoms with Gasteiger partial charge >= 0.3 is 5.97 Å². The lowest BCUT2D eigenvalue weighted by Crippen LogP contribution is -1.98. The number of carbonyl (C=O) groups is 1. The highest BCUT2D eigenvalue weighted by atomic mass is 35.5. The number of methoxy groups -OCH3 is 1. The molecule has 0 radical (unpaired) electrons. The van der Waals surface area contributed by atoms with Gasteiger partial charge in [0.15, 0.2) is 15.2 Å². The van der Waals surface area contributed by atoms with Gasteiger partial charge in [-0.05, 0) is 18.6 Å². The highest BCUT2D eigenvalue weighted by Gasteiger charge is 2.17. The van der Waals surface area contributed by atoms with E-state index in [1.165, 1.54) is 18.4 Å². The lowest BCUT2D eigenvalue weighted by molar-refractivity contribution is 0.0606. The standard InChI is InChI=1S/C12H11ClN2O2S/c1-7-5-3-4-6-8(7)14-12-15-10(13)9(18-12)11(16)17-2/h3-6H,1-2H3,(H,14,15). The van der Waals surface area contributed by atoms with E-state index in [1.54, 1.807) is 0 Å². The lowest BCUT2D eigenvalue weighted by atomic mass is 10.2. The minimum absolute atomic E-state index is 0.155. The molecule has 4 nitrogen and oxygen atoms in total. The molecule has 0 saturated heterocycles. The normalized spacial score (nSPS) is 10.2. The summed E-state index contributed by atoms with van der Waals surface area (Å²) in [7, 11) is 1.31. The average Bonchev–Trinajstić information content (AvgIpc) is 2.72. The summed E-state index contributed by atoms with van der Waals surface area (Å²) < 4.78 is 4.62. The third-order valence-electron chi connectivity index (χ3n) is 2.34. The molecule has 0 aliphatic rings. The molecule has 1 aromatic heterocycles. The molecule has 6 heteroatoms. The zero-order valence-corrected chi connectivity index (χ0v) is 11.4. The number of anilines is 2. The van der Waals surface area contributed by atoms with Crippen molar-refractivity contribution in [1.29, 1.82) is 0 Å². The van der Waals surface area contributed by atoms with Gasteiger partial charge in [0, 0.05) is 5.69 Å². The summed E-state index contributed by atoms with van der Waals surface area (Å²) in [6.07, 6.45) is 0. The van der Waals surface area contributed by atoms with Crippen LogP contribution >= 0.6 is 22.9 Å². The molecule has 1 heterocycles. The highest BCUT2D eigenvalue weighted by Crippen LogP contribution is 2.30. The predicted octanol–water partition coefficient (Wildman–Crippen LogP) is 3.64. The SMILES string of the molecule is COC(=O)c1sc(Nc2ccccc2C)nc1Cl. The van der Waals surface area contributed by atoms with Crippen molar-refractivity contribution in [2.45, 2.75) is 6.92 Å². The van der Waals surface area contributed by atoms with Gasteiger partial charge < -0.3 is 10.1 Å². The molecule has 0 aliphatic carbocycles. The molecule has 0 spiro atoms. The molecule has 0 saturated carbocycles. The summed E-state index contributed by atoms with van der Waals surface area (Å²) in [5.74, 6) is -0.477.